The molecule has 48 heavy (non-hydrogen) atoms. The summed E-state index contributed by atoms with van der Waals surface area (Å²) in [6.45, 7) is 12.0. The zero-order valence-electron chi connectivity index (χ0n) is 26.6. The Morgan fingerprint density at radius 2 is 1.62 bits per heavy atom. The second kappa shape index (κ2) is 17.7. The summed E-state index contributed by atoms with van der Waals surface area (Å²) in [6.07, 6.45) is -9.64. The lowest BCUT2D eigenvalue weighted by molar-refractivity contribution is -0.253. The maximum absolute atomic E-state index is 14.9. The molecular weight excluding hydrogens is 658 g/mol. The standard InChI is InChI=1S/C30H28F10N2O2.C4H8/c1-5-16(3)14-28(20-7-8-25(33)19(9-20)15-41,21-11-22(32)13-23(12-21)44-30(39,40)27(34)35)42-26(43)18(6-2)10-24(17(4)31)29(36,37)38;1-3-4-2/h5-13,27H,2,14-15,41H2,1,3-4H3,(H,42,43);3H,1,4H2,2H3/b16-5+,18-10+,24-17-;/t28-;/m1./s1. The van der Waals surface area contributed by atoms with E-state index in [2.05, 4.69) is 30.1 Å². The summed E-state index contributed by atoms with van der Waals surface area (Å²) in [6, 6.07) is 4.98. The molecule has 2 aromatic carbocycles. The van der Waals surface area contributed by atoms with Crippen LogP contribution in [0.3, 0.4) is 0 Å². The first kappa shape index (κ1) is 41.7. The first-order valence-electron chi connectivity index (χ1n) is 14.2. The van der Waals surface area contributed by atoms with Crippen molar-refractivity contribution in [2.45, 2.75) is 71.3 Å². The molecule has 4 nitrogen and oxygen atoms in total. The van der Waals surface area contributed by atoms with E-state index in [-0.39, 0.29) is 23.6 Å². The molecule has 0 saturated heterocycles. The predicted octanol–water partition coefficient (Wildman–Crippen LogP) is 9.88. The highest BCUT2D eigenvalue weighted by Crippen LogP contribution is 2.40. The van der Waals surface area contributed by atoms with Gasteiger partial charge in [-0.1, -0.05) is 43.4 Å². The van der Waals surface area contributed by atoms with Crippen LogP contribution in [-0.4, -0.2) is 24.6 Å². The van der Waals surface area contributed by atoms with Crippen molar-refractivity contribution in [2.75, 3.05) is 0 Å². The summed E-state index contributed by atoms with van der Waals surface area (Å²) in [5, 5.41) is 2.43. The first-order chi connectivity index (χ1) is 22.2. The minimum absolute atomic E-state index is 0.0669. The van der Waals surface area contributed by atoms with E-state index in [1.165, 1.54) is 13.0 Å². The summed E-state index contributed by atoms with van der Waals surface area (Å²) in [5.41, 5.74) is 0.666. The number of ether oxygens (including phenoxy) is 1. The van der Waals surface area contributed by atoms with E-state index in [0.717, 1.165) is 30.7 Å². The molecule has 2 aromatic rings. The predicted molar refractivity (Wildman–Crippen MR) is 164 cm³/mol. The van der Waals surface area contributed by atoms with Crippen molar-refractivity contribution >= 4 is 5.91 Å². The third kappa shape index (κ3) is 11.1. The van der Waals surface area contributed by atoms with E-state index in [4.69, 9.17) is 5.73 Å². The lowest BCUT2D eigenvalue weighted by atomic mass is 9.77. The van der Waals surface area contributed by atoms with Crippen LogP contribution in [0.15, 0.2) is 96.4 Å². The third-order valence-electron chi connectivity index (χ3n) is 6.74. The second-order valence-corrected chi connectivity index (χ2v) is 10.3. The molecule has 2 rings (SSSR count). The van der Waals surface area contributed by atoms with E-state index in [1.54, 1.807) is 6.92 Å². The van der Waals surface area contributed by atoms with Crippen LogP contribution in [0.5, 0.6) is 5.75 Å². The lowest BCUT2D eigenvalue weighted by Gasteiger charge is -2.37. The molecule has 1 atom stereocenters. The maximum atomic E-state index is 14.9. The van der Waals surface area contributed by atoms with Gasteiger partial charge < -0.3 is 15.8 Å². The molecule has 0 aliphatic rings. The van der Waals surface area contributed by atoms with Gasteiger partial charge in [0.25, 0.3) is 5.91 Å². The largest absolute Gasteiger partial charge is 0.461 e. The van der Waals surface area contributed by atoms with E-state index < -0.39 is 76.6 Å². The molecule has 0 bridgehead atoms. The van der Waals surface area contributed by atoms with Gasteiger partial charge in [-0.3, -0.25) is 4.79 Å². The molecule has 0 radical (unpaired) electrons. The molecule has 0 saturated carbocycles. The molecule has 0 aliphatic carbocycles. The molecule has 0 spiro atoms. The van der Waals surface area contributed by atoms with Crippen LogP contribution >= 0.6 is 0 Å². The van der Waals surface area contributed by atoms with Crippen LogP contribution in [0.2, 0.25) is 0 Å². The summed E-state index contributed by atoms with van der Waals surface area (Å²) >= 11 is 0. The van der Waals surface area contributed by atoms with Crippen LogP contribution in [0, 0.1) is 11.6 Å². The number of halogens is 10. The summed E-state index contributed by atoms with van der Waals surface area (Å²) in [4.78, 5) is 13.6. The molecule has 0 aromatic heterocycles. The third-order valence-corrected chi connectivity index (χ3v) is 6.74. The van der Waals surface area contributed by atoms with Gasteiger partial charge >= 0.3 is 18.7 Å². The van der Waals surface area contributed by atoms with Crippen LogP contribution in [0.25, 0.3) is 0 Å². The highest BCUT2D eigenvalue weighted by atomic mass is 19.4. The van der Waals surface area contributed by atoms with Crippen molar-refractivity contribution in [3.8, 4) is 5.75 Å². The molecule has 0 heterocycles. The average molecular weight is 695 g/mol. The molecular formula is C34H36F10N2O2. The van der Waals surface area contributed by atoms with Crippen molar-refractivity contribution in [3.05, 3.63) is 125 Å². The van der Waals surface area contributed by atoms with Gasteiger partial charge in [-0.05, 0) is 75.1 Å². The topological polar surface area (TPSA) is 64.3 Å². The number of nitrogens with one attached hydrogen (secondary N) is 1. The van der Waals surface area contributed by atoms with E-state index in [1.807, 2.05) is 6.08 Å². The van der Waals surface area contributed by atoms with Crippen LogP contribution in [0.1, 0.15) is 57.2 Å². The van der Waals surface area contributed by atoms with Crippen molar-refractivity contribution < 1.29 is 53.4 Å². The zero-order valence-corrected chi connectivity index (χ0v) is 26.6. The fourth-order valence-electron chi connectivity index (χ4n) is 4.16. The van der Waals surface area contributed by atoms with Crippen molar-refractivity contribution in [3.63, 3.8) is 0 Å². The van der Waals surface area contributed by atoms with Crippen LogP contribution < -0.4 is 15.8 Å². The average Bonchev–Trinajstić information content (AvgIpc) is 2.99. The Morgan fingerprint density at radius 1 is 1.02 bits per heavy atom. The van der Waals surface area contributed by atoms with Crippen molar-refractivity contribution in [1.82, 2.24) is 5.32 Å². The highest BCUT2D eigenvalue weighted by molar-refractivity contribution is 5.97. The fourth-order valence-corrected chi connectivity index (χ4v) is 4.16. The number of amides is 1. The number of hydrogen-bond donors (Lipinski definition) is 2. The number of alkyl halides is 7. The normalized spacial score (nSPS) is 14.3. The minimum Gasteiger partial charge on any atom is -0.428 e. The Balaban J connectivity index is 0.00000272. The highest BCUT2D eigenvalue weighted by Gasteiger charge is 2.45. The smallest absolute Gasteiger partial charge is 0.428 e. The molecule has 3 N–H and O–H groups in total. The van der Waals surface area contributed by atoms with Crippen LogP contribution in [0.4, 0.5) is 43.9 Å². The van der Waals surface area contributed by atoms with E-state index >= 15 is 0 Å². The molecule has 0 fully saturated rings. The Bertz CT molecular complexity index is 1540. The van der Waals surface area contributed by atoms with Gasteiger partial charge in [0, 0.05) is 23.7 Å². The van der Waals surface area contributed by atoms with Gasteiger partial charge in [-0.15, -0.1) is 6.58 Å². The summed E-state index contributed by atoms with van der Waals surface area (Å²) in [7, 11) is 0. The molecule has 14 heteroatoms. The monoisotopic (exact) mass is 694 g/mol. The number of carbonyl (C=O) groups is 1. The van der Waals surface area contributed by atoms with E-state index in [9.17, 15) is 48.7 Å². The second-order valence-electron chi connectivity index (χ2n) is 10.3. The molecule has 264 valence electrons. The quantitative estimate of drug-likeness (QED) is 0.0950. The Hall–Kier alpha value is -4.33. The van der Waals surface area contributed by atoms with Crippen LogP contribution in [-0.2, 0) is 16.9 Å². The minimum atomic E-state index is -5.23. The number of nitrogens with two attached hydrogens (primary N) is 1. The number of allylic oxidation sites excluding steroid dienone is 5. The Kier molecular flexibility index (Phi) is 15.4. The summed E-state index contributed by atoms with van der Waals surface area (Å²) < 4.78 is 141. The number of carbonyl (C=O) groups excluding carboxylic acids is 1. The Morgan fingerprint density at radius 3 is 2.08 bits per heavy atom. The first-order valence-corrected chi connectivity index (χ1v) is 14.2. The van der Waals surface area contributed by atoms with Gasteiger partial charge in [-0.2, -0.15) is 30.7 Å². The van der Waals surface area contributed by atoms with Gasteiger partial charge in [-0.25, -0.2) is 13.2 Å². The van der Waals surface area contributed by atoms with Gasteiger partial charge in [0.15, 0.2) is 0 Å². The molecule has 0 aliphatic heterocycles. The fraction of sp³-hybridized carbons (Fsp3) is 0.324. The lowest BCUT2D eigenvalue weighted by Crippen LogP contribution is -2.48. The Labute approximate surface area is 272 Å². The number of hydrogen-bond acceptors (Lipinski definition) is 3. The van der Waals surface area contributed by atoms with Gasteiger partial charge in [0.05, 0.1) is 11.1 Å². The summed E-state index contributed by atoms with van der Waals surface area (Å²) in [5.74, 6) is -6.22. The van der Waals surface area contributed by atoms with Gasteiger partial charge in [0.1, 0.15) is 23.2 Å². The maximum Gasteiger partial charge on any atom is 0.461 e. The molecule has 1 amide bonds. The SMILES string of the molecule is C=C/C(=C\C(=C(/C)F)C(F)(F)F)C(=O)N[C@@](C/C(C)=C/C)(c1cc(F)cc(OC(F)(F)C(F)F)c1)c1ccc(F)c(CN)c1.C=CCC. The number of rotatable bonds is 13. The number of benzene rings is 2. The van der Waals surface area contributed by atoms with Crippen molar-refractivity contribution in [1.29, 1.82) is 0 Å². The van der Waals surface area contributed by atoms with Gasteiger partial charge in [0.2, 0.25) is 0 Å². The van der Waals surface area contributed by atoms with Crippen molar-refractivity contribution in [2.24, 2.45) is 5.73 Å². The molecule has 0 unspecified atom stereocenters. The zero-order chi connectivity index (χ0) is 37.0. The van der Waals surface area contributed by atoms with E-state index in [0.29, 0.717) is 30.7 Å².